The summed E-state index contributed by atoms with van der Waals surface area (Å²) in [6.07, 6.45) is 1.15. The van der Waals surface area contributed by atoms with E-state index >= 15 is 0 Å². The van der Waals surface area contributed by atoms with Gasteiger partial charge in [-0.15, -0.1) is 0 Å². The van der Waals surface area contributed by atoms with Crippen molar-refractivity contribution in [2.75, 3.05) is 5.32 Å². The summed E-state index contributed by atoms with van der Waals surface area (Å²) in [7, 11) is 1.51. The normalized spacial score (nSPS) is 10.8. The Kier molecular flexibility index (Phi) is 3.67. The van der Waals surface area contributed by atoms with Gasteiger partial charge >= 0.3 is 5.97 Å². The fourth-order valence-corrected chi connectivity index (χ4v) is 3.38. The number of fused-ring (bicyclic) bond motifs is 1. The van der Waals surface area contributed by atoms with E-state index in [-0.39, 0.29) is 11.3 Å². The smallest absolute Gasteiger partial charge is 0.339 e. The Hall–Kier alpha value is -2.26. The van der Waals surface area contributed by atoms with Crippen LogP contribution in [0.4, 0.5) is 5.13 Å². The average Bonchev–Trinajstić information content (AvgIpc) is 3.01. The molecule has 7 nitrogen and oxygen atoms in total. The lowest BCUT2D eigenvalue weighted by atomic mass is 10.2. The first-order valence-corrected chi connectivity index (χ1v) is 7.69. The number of benzene rings is 1. The minimum Gasteiger partial charge on any atom is -0.478 e. The van der Waals surface area contributed by atoms with Crippen LogP contribution in [0.1, 0.15) is 20.8 Å². The number of carboxylic acids is 1. The van der Waals surface area contributed by atoms with Gasteiger partial charge in [0.2, 0.25) is 0 Å². The number of aryl methyl sites for hydroxylation is 1. The lowest BCUT2D eigenvalue weighted by Gasteiger charge is -2.03. The van der Waals surface area contributed by atoms with E-state index in [0.717, 1.165) is 20.9 Å². The van der Waals surface area contributed by atoms with Crippen molar-refractivity contribution in [1.29, 1.82) is 0 Å². The van der Waals surface area contributed by atoms with Gasteiger partial charge < -0.3 is 5.11 Å². The first kappa shape index (κ1) is 14.7. The molecule has 0 saturated carbocycles. The number of aromatic carboxylic acids is 1. The van der Waals surface area contributed by atoms with E-state index in [0.29, 0.717) is 5.13 Å². The number of hydrogen-bond donors (Lipinski definition) is 2. The van der Waals surface area contributed by atoms with Gasteiger partial charge in [-0.05, 0) is 18.2 Å². The number of amides is 1. The van der Waals surface area contributed by atoms with Crippen LogP contribution in [0.2, 0.25) is 0 Å². The van der Waals surface area contributed by atoms with Crippen LogP contribution in [0.3, 0.4) is 0 Å². The number of nitrogens with one attached hydrogen (secondary N) is 1. The van der Waals surface area contributed by atoms with E-state index in [9.17, 15) is 9.59 Å². The first-order valence-electron chi connectivity index (χ1n) is 6.08. The van der Waals surface area contributed by atoms with Crippen molar-refractivity contribution in [2.24, 2.45) is 7.05 Å². The van der Waals surface area contributed by atoms with Crippen molar-refractivity contribution in [2.45, 2.75) is 0 Å². The SMILES string of the molecule is Cn1ncc(C(=O)O)c1C(=O)Nc1nc2ccc(Br)cc2s1. The van der Waals surface area contributed by atoms with Gasteiger partial charge in [-0.2, -0.15) is 5.10 Å². The molecule has 0 fully saturated rings. The van der Waals surface area contributed by atoms with Crippen molar-refractivity contribution in [1.82, 2.24) is 14.8 Å². The number of rotatable bonds is 3. The molecule has 0 bridgehead atoms. The van der Waals surface area contributed by atoms with Crippen LogP contribution in [0.15, 0.2) is 28.9 Å². The van der Waals surface area contributed by atoms with Crippen LogP contribution in [0.25, 0.3) is 10.2 Å². The number of thiazole rings is 1. The van der Waals surface area contributed by atoms with Crippen molar-refractivity contribution in [3.8, 4) is 0 Å². The van der Waals surface area contributed by atoms with Gasteiger partial charge in [0.15, 0.2) is 5.13 Å². The number of halogens is 1. The largest absolute Gasteiger partial charge is 0.478 e. The summed E-state index contributed by atoms with van der Waals surface area (Å²) in [6.45, 7) is 0. The lowest BCUT2D eigenvalue weighted by Crippen LogP contribution is -2.19. The molecule has 1 aromatic carbocycles. The molecule has 3 aromatic rings. The Morgan fingerprint density at radius 1 is 1.41 bits per heavy atom. The molecule has 9 heteroatoms. The molecule has 0 aliphatic carbocycles. The molecule has 112 valence electrons. The Bertz CT molecular complexity index is 902. The zero-order valence-corrected chi connectivity index (χ0v) is 13.6. The molecular formula is C13H9BrN4O3S. The molecule has 0 unspecified atom stereocenters. The Labute approximate surface area is 136 Å². The fourth-order valence-electron chi connectivity index (χ4n) is 1.97. The lowest BCUT2D eigenvalue weighted by molar-refractivity contribution is 0.0692. The third-order valence-corrected chi connectivity index (χ3v) is 4.38. The third kappa shape index (κ3) is 2.60. The minimum atomic E-state index is -1.20. The Morgan fingerprint density at radius 2 is 2.18 bits per heavy atom. The zero-order chi connectivity index (χ0) is 15.9. The van der Waals surface area contributed by atoms with Gasteiger partial charge in [0, 0.05) is 11.5 Å². The van der Waals surface area contributed by atoms with Crippen LogP contribution >= 0.6 is 27.3 Å². The summed E-state index contributed by atoms with van der Waals surface area (Å²) in [6, 6.07) is 5.59. The zero-order valence-electron chi connectivity index (χ0n) is 11.2. The highest BCUT2D eigenvalue weighted by atomic mass is 79.9. The van der Waals surface area contributed by atoms with E-state index in [1.807, 2.05) is 18.2 Å². The van der Waals surface area contributed by atoms with Crippen LogP contribution in [-0.4, -0.2) is 31.7 Å². The average molecular weight is 381 g/mol. The molecule has 2 aromatic heterocycles. The quantitative estimate of drug-likeness (QED) is 0.727. The van der Waals surface area contributed by atoms with Crippen molar-refractivity contribution < 1.29 is 14.7 Å². The second-order valence-electron chi connectivity index (χ2n) is 4.42. The number of aromatic nitrogens is 3. The number of carbonyl (C=O) groups is 2. The van der Waals surface area contributed by atoms with Crippen molar-refractivity contribution in [3.05, 3.63) is 40.1 Å². The third-order valence-electron chi connectivity index (χ3n) is 2.96. The van der Waals surface area contributed by atoms with Crippen LogP contribution in [0, 0.1) is 0 Å². The maximum Gasteiger partial charge on any atom is 0.339 e. The predicted octanol–water partition coefficient (Wildman–Crippen LogP) is 2.74. The number of carboxylic acid groups (broad SMARTS) is 1. The maximum absolute atomic E-state index is 12.3. The molecule has 2 N–H and O–H groups in total. The molecule has 0 aliphatic heterocycles. The summed E-state index contributed by atoms with van der Waals surface area (Å²) in [5, 5.41) is 15.9. The maximum atomic E-state index is 12.3. The van der Waals surface area contributed by atoms with Gasteiger partial charge in [0.1, 0.15) is 11.3 Å². The number of anilines is 1. The molecular weight excluding hydrogens is 372 g/mol. The molecule has 1 amide bonds. The second kappa shape index (κ2) is 5.50. The predicted molar refractivity (Wildman–Crippen MR) is 85.4 cm³/mol. The minimum absolute atomic E-state index is 0.0204. The summed E-state index contributed by atoms with van der Waals surface area (Å²) in [5.74, 6) is -1.76. The van der Waals surface area contributed by atoms with E-state index in [1.54, 1.807) is 0 Å². The highest BCUT2D eigenvalue weighted by molar-refractivity contribution is 9.10. The highest BCUT2D eigenvalue weighted by Gasteiger charge is 2.22. The fraction of sp³-hybridized carbons (Fsp3) is 0.0769. The van der Waals surface area contributed by atoms with Gasteiger partial charge in [-0.1, -0.05) is 27.3 Å². The molecule has 0 spiro atoms. The summed E-state index contributed by atoms with van der Waals surface area (Å²) < 4.78 is 3.05. The Morgan fingerprint density at radius 3 is 2.91 bits per heavy atom. The van der Waals surface area contributed by atoms with Gasteiger partial charge in [0.05, 0.1) is 16.4 Å². The molecule has 3 rings (SSSR count). The van der Waals surface area contributed by atoms with Crippen LogP contribution < -0.4 is 5.32 Å². The van der Waals surface area contributed by atoms with E-state index in [2.05, 4.69) is 31.3 Å². The molecule has 2 heterocycles. The van der Waals surface area contributed by atoms with Crippen molar-refractivity contribution in [3.63, 3.8) is 0 Å². The molecule has 0 saturated heterocycles. The summed E-state index contributed by atoms with van der Waals surface area (Å²) in [4.78, 5) is 27.7. The second-order valence-corrected chi connectivity index (χ2v) is 6.37. The van der Waals surface area contributed by atoms with E-state index < -0.39 is 11.9 Å². The topological polar surface area (TPSA) is 97.1 Å². The van der Waals surface area contributed by atoms with Gasteiger partial charge in [-0.25, -0.2) is 9.78 Å². The number of carbonyl (C=O) groups excluding carboxylic acids is 1. The van der Waals surface area contributed by atoms with E-state index in [4.69, 9.17) is 5.11 Å². The van der Waals surface area contributed by atoms with Gasteiger partial charge in [-0.3, -0.25) is 14.8 Å². The molecule has 0 radical (unpaired) electrons. The summed E-state index contributed by atoms with van der Waals surface area (Å²) >= 11 is 4.68. The molecule has 0 aliphatic rings. The number of hydrogen-bond acceptors (Lipinski definition) is 5. The van der Waals surface area contributed by atoms with Crippen LogP contribution in [-0.2, 0) is 7.05 Å². The van der Waals surface area contributed by atoms with Gasteiger partial charge in [0.25, 0.3) is 5.91 Å². The molecule has 0 atom stereocenters. The number of nitrogens with zero attached hydrogens (tertiary/aromatic N) is 3. The van der Waals surface area contributed by atoms with Crippen LogP contribution in [0.5, 0.6) is 0 Å². The standard InChI is InChI=1S/C13H9BrN4O3S/c1-18-10(7(5-15-18)12(20)21)11(19)17-13-16-8-3-2-6(14)4-9(8)22-13/h2-5H,1H3,(H,20,21)(H,16,17,19). The highest BCUT2D eigenvalue weighted by Crippen LogP contribution is 2.28. The van der Waals surface area contributed by atoms with E-state index in [1.165, 1.54) is 23.1 Å². The van der Waals surface area contributed by atoms with Crippen molar-refractivity contribution >= 4 is 54.5 Å². The summed E-state index contributed by atoms with van der Waals surface area (Å²) in [5.41, 5.74) is 0.587. The first-order chi connectivity index (χ1) is 10.5. The molecule has 22 heavy (non-hydrogen) atoms. The monoisotopic (exact) mass is 380 g/mol. The Balaban J connectivity index is 1.93.